The third kappa shape index (κ3) is 4.00. The number of carbonyl (C=O) groups excluding carboxylic acids is 1. The maximum Gasteiger partial charge on any atom is 0.226 e. The van der Waals surface area contributed by atoms with Gasteiger partial charge < -0.3 is 10.2 Å². The lowest BCUT2D eigenvalue weighted by molar-refractivity contribution is -0.129. The molecule has 1 aliphatic heterocycles. The molecular weight excluding hydrogens is 262 g/mol. The van der Waals surface area contributed by atoms with Crippen molar-refractivity contribution in [2.75, 3.05) is 26.7 Å². The Morgan fingerprint density at radius 1 is 1.30 bits per heavy atom. The van der Waals surface area contributed by atoms with Crippen LogP contribution in [0.4, 0.5) is 8.78 Å². The average Bonchev–Trinajstić information content (AvgIpc) is 2.44. The summed E-state index contributed by atoms with van der Waals surface area (Å²) in [6, 6.07) is 3.60. The molecule has 1 heterocycles. The normalized spacial score (nSPS) is 16.1. The van der Waals surface area contributed by atoms with Crippen molar-refractivity contribution in [3.63, 3.8) is 0 Å². The highest BCUT2D eigenvalue weighted by Crippen LogP contribution is 2.14. The van der Waals surface area contributed by atoms with Gasteiger partial charge in [0.15, 0.2) is 11.6 Å². The molecule has 0 unspecified atom stereocenters. The second-order valence-corrected chi connectivity index (χ2v) is 5.39. The van der Waals surface area contributed by atoms with Crippen molar-refractivity contribution in [2.45, 2.75) is 19.3 Å². The largest absolute Gasteiger partial charge is 0.345 e. The molecule has 0 aliphatic carbocycles. The molecule has 20 heavy (non-hydrogen) atoms. The molecule has 0 bridgehead atoms. The molecule has 1 aromatic rings. The number of carbonyl (C=O) groups is 1. The van der Waals surface area contributed by atoms with Crippen LogP contribution in [0.25, 0.3) is 0 Å². The Labute approximate surface area is 118 Å². The standard InChI is InChI=1S/C15H20F2N2O/c1-19(10-11-4-6-18-7-5-11)15(20)9-12-2-3-13(16)14(17)8-12/h2-3,8,11,18H,4-7,9-10H2,1H3. The van der Waals surface area contributed by atoms with Crippen molar-refractivity contribution in [3.8, 4) is 0 Å². The number of hydrogen-bond donors (Lipinski definition) is 1. The Balaban J connectivity index is 1.88. The predicted molar refractivity (Wildman–Crippen MR) is 73.3 cm³/mol. The van der Waals surface area contributed by atoms with Crippen LogP contribution in [0.3, 0.4) is 0 Å². The van der Waals surface area contributed by atoms with Gasteiger partial charge in [-0.15, -0.1) is 0 Å². The number of rotatable bonds is 4. The fourth-order valence-corrected chi connectivity index (χ4v) is 2.51. The second kappa shape index (κ2) is 6.79. The van der Waals surface area contributed by atoms with Gasteiger partial charge in [0.1, 0.15) is 0 Å². The van der Waals surface area contributed by atoms with Crippen molar-refractivity contribution in [1.82, 2.24) is 10.2 Å². The van der Waals surface area contributed by atoms with Crippen LogP contribution < -0.4 is 5.32 Å². The van der Waals surface area contributed by atoms with E-state index < -0.39 is 11.6 Å². The number of benzene rings is 1. The van der Waals surface area contributed by atoms with Crippen molar-refractivity contribution in [1.29, 1.82) is 0 Å². The Bertz CT molecular complexity index is 473. The Morgan fingerprint density at radius 3 is 2.65 bits per heavy atom. The van der Waals surface area contributed by atoms with Crippen LogP contribution in [0.15, 0.2) is 18.2 Å². The highest BCUT2D eigenvalue weighted by atomic mass is 19.2. The molecule has 1 fully saturated rings. The van der Waals surface area contributed by atoms with E-state index in [2.05, 4.69) is 5.32 Å². The number of piperidine rings is 1. The van der Waals surface area contributed by atoms with E-state index in [0.717, 1.165) is 44.6 Å². The van der Waals surface area contributed by atoms with E-state index in [4.69, 9.17) is 0 Å². The van der Waals surface area contributed by atoms with E-state index in [1.54, 1.807) is 11.9 Å². The maximum atomic E-state index is 13.1. The van der Waals surface area contributed by atoms with Crippen LogP contribution >= 0.6 is 0 Å². The highest BCUT2D eigenvalue weighted by molar-refractivity contribution is 5.78. The average molecular weight is 282 g/mol. The van der Waals surface area contributed by atoms with Gasteiger partial charge in [-0.05, 0) is 49.5 Å². The van der Waals surface area contributed by atoms with Gasteiger partial charge in [0.05, 0.1) is 6.42 Å². The molecule has 0 radical (unpaired) electrons. The highest BCUT2D eigenvalue weighted by Gasteiger charge is 2.18. The molecule has 0 spiro atoms. The minimum absolute atomic E-state index is 0.0606. The molecule has 110 valence electrons. The van der Waals surface area contributed by atoms with Gasteiger partial charge in [-0.25, -0.2) is 8.78 Å². The number of hydrogen-bond acceptors (Lipinski definition) is 2. The van der Waals surface area contributed by atoms with Gasteiger partial charge in [0, 0.05) is 13.6 Å². The Hall–Kier alpha value is -1.49. The quantitative estimate of drug-likeness (QED) is 0.915. The maximum absolute atomic E-state index is 13.1. The number of amides is 1. The molecule has 1 saturated heterocycles. The first-order valence-electron chi connectivity index (χ1n) is 6.95. The van der Waals surface area contributed by atoms with E-state index >= 15 is 0 Å². The van der Waals surface area contributed by atoms with Crippen molar-refractivity contribution in [3.05, 3.63) is 35.4 Å². The van der Waals surface area contributed by atoms with Gasteiger partial charge in [0.2, 0.25) is 5.91 Å². The Kier molecular flexibility index (Phi) is 5.06. The number of halogens is 2. The molecule has 1 aromatic carbocycles. The van der Waals surface area contributed by atoms with Gasteiger partial charge in [-0.1, -0.05) is 6.07 Å². The van der Waals surface area contributed by atoms with E-state index in [-0.39, 0.29) is 12.3 Å². The number of nitrogens with zero attached hydrogens (tertiary/aromatic N) is 1. The lowest BCUT2D eigenvalue weighted by atomic mass is 9.97. The fourth-order valence-electron chi connectivity index (χ4n) is 2.51. The van der Waals surface area contributed by atoms with Crippen molar-refractivity contribution in [2.24, 2.45) is 5.92 Å². The SMILES string of the molecule is CN(CC1CCNCC1)C(=O)Cc1ccc(F)c(F)c1. The van der Waals surface area contributed by atoms with Crippen molar-refractivity contribution >= 4 is 5.91 Å². The van der Waals surface area contributed by atoms with E-state index in [1.165, 1.54) is 6.07 Å². The van der Waals surface area contributed by atoms with Crippen LogP contribution in [0.1, 0.15) is 18.4 Å². The first-order valence-corrected chi connectivity index (χ1v) is 6.95. The zero-order valence-electron chi connectivity index (χ0n) is 11.7. The lowest BCUT2D eigenvalue weighted by Gasteiger charge is -2.27. The zero-order valence-corrected chi connectivity index (χ0v) is 11.7. The lowest BCUT2D eigenvalue weighted by Crippen LogP contribution is -2.37. The molecule has 0 aromatic heterocycles. The third-order valence-corrected chi connectivity index (χ3v) is 3.76. The van der Waals surface area contributed by atoms with E-state index in [0.29, 0.717) is 11.5 Å². The minimum atomic E-state index is -0.906. The van der Waals surface area contributed by atoms with Gasteiger partial charge >= 0.3 is 0 Å². The van der Waals surface area contributed by atoms with E-state index in [1.807, 2.05) is 0 Å². The van der Waals surface area contributed by atoms with E-state index in [9.17, 15) is 13.6 Å². The van der Waals surface area contributed by atoms with Crippen LogP contribution in [-0.4, -0.2) is 37.5 Å². The molecule has 1 aliphatic rings. The summed E-state index contributed by atoms with van der Waals surface area (Å²) in [5.74, 6) is -1.33. The first kappa shape index (κ1) is 14.9. The van der Waals surface area contributed by atoms with Crippen LogP contribution in [-0.2, 0) is 11.2 Å². The summed E-state index contributed by atoms with van der Waals surface area (Å²) in [7, 11) is 1.77. The predicted octanol–water partition coefficient (Wildman–Crippen LogP) is 1.97. The molecule has 0 atom stereocenters. The van der Waals surface area contributed by atoms with Crippen molar-refractivity contribution < 1.29 is 13.6 Å². The summed E-state index contributed by atoms with van der Waals surface area (Å²) in [6.07, 6.45) is 2.25. The summed E-state index contributed by atoms with van der Waals surface area (Å²) < 4.78 is 25.9. The summed E-state index contributed by atoms with van der Waals surface area (Å²) in [5, 5.41) is 3.29. The third-order valence-electron chi connectivity index (χ3n) is 3.76. The number of likely N-dealkylation sites (N-methyl/N-ethyl adjacent to an activating group) is 1. The fraction of sp³-hybridized carbons (Fsp3) is 0.533. The molecule has 1 N–H and O–H groups in total. The molecule has 2 rings (SSSR count). The zero-order chi connectivity index (χ0) is 14.5. The minimum Gasteiger partial charge on any atom is -0.345 e. The molecule has 1 amide bonds. The van der Waals surface area contributed by atoms with Crippen LogP contribution in [0, 0.1) is 17.6 Å². The monoisotopic (exact) mass is 282 g/mol. The van der Waals surface area contributed by atoms with Crippen LogP contribution in [0.5, 0.6) is 0 Å². The molecular formula is C15H20F2N2O. The smallest absolute Gasteiger partial charge is 0.226 e. The summed E-state index contributed by atoms with van der Waals surface area (Å²) in [6.45, 7) is 2.72. The van der Waals surface area contributed by atoms with Gasteiger partial charge in [0.25, 0.3) is 0 Å². The molecule has 0 saturated carbocycles. The summed E-state index contributed by atoms with van der Waals surface area (Å²) in [5.41, 5.74) is 0.506. The van der Waals surface area contributed by atoms with Gasteiger partial charge in [-0.2, -0.15) is 0 Å². The first-order chi connectivity index (χ1) is 9.56. The summed E-state index contributed by atoms with van der Waals surface area (Å²) >= 11 is 0. The van der Waals surface area contributed by atoms with Gasteiger partial charge in [-0.3, -0.25) is 4.79 Å². The topological polar surface area (TPSA) is 32.3 Å². The summed E-state index contributed by atoms with van der Waals surface area (Å²) in [4.78, 5) is 13.8. The number of nitrogens with one attached hydrogen (secondary N) is 1. The van der Waals surface area contributed by atoms with Crippen LogP contribution in [0.2, 0.25) is 0 Å². The molecule has 5 heteroatoms. The Morgan fingerprint density at radius 2 is 2.00 bits per heavy atom. The second-order valence-electron chi connectivity index (χ2n) is 5.39. The molecule has 3 nitrogen and oxygen atoms in total.